The Morgan fingerprint density at radius 1 is 1.32 bits per heavy atom. The van der Waals surface area contributed by atoms with E-state index in [0.717, 1.165) is 36.1 Å². The van der Waals surface area contributed by atoms with Crippen LogP contribution in [0, 0.1) is 5.92 Å². The van der Waals surface area contributed by atoms with Gasteiger partial charge in [-0.25, -0.2) is 9.67 Å². The number of nitrogens with zero attached hydrogens (tertiary/aromatic N) is 3. The molecule has 0 unspecified atom stereocenters. The van der Waals surface area contributed by atoms with Gasteiger partial charge in [-0.05, 0) is 56.0 Å². The van der Waals surface area contributed by atoms with Gasteiger partial charge in [0, 0.05) is 0 Å². The van der Waals surface area contributed by atoms with E-state index in [9.17, 15) is 0 Å². The van der Waals surface area contributed by atoms with Crippen LogP contribution in [0.4, 0.5) is 0 Å². The van der Waals surface area contributed by atoms with Gasteiger partial charge in [0.2, 0.25) is 0 Å². The highest BCUT2D eigenvalue weighted by Gasteiger charge is 2.14. The van der Waals surface area contributed by atoms with Crippen LogP contribution in [-0.2, 0) is 6.42 Å². The van der Waals surface area contributed by atoms with E-state index in [0.29, 0.717) is 0 Å². The van der Waals surface area contributed by atoms with Crippen molar-refractivity contribution in [2.24, 2.45) is 5.92 Å². The zero-order valence-electron chi connectivity index (χ0n) is 10.7. The Morgan fingerprint density at radius 3 is 2.84 bits per heavy atom. The van der Waals surface area contributed by atoms with Crippen molar-refractivity contribution in [3.8, 4) is 5.69 Å². The summed E-state index contributed by atoms with van der Waals surface area (Å²) in [6.45, 7) is 2.27. The summed E-state index contributed by atoms with van der Waals surface area (Å²) in [6.07, 6.45) is 6.79. The fraction of sp³-hybridized carbons (Fsp3) is 0.429. The molecule has 1 aliphatic rings. The summed E-state index contributed by atoms with van der Waals surface area (Å²) < 4.78 is 1.69. The smallest absolute Gasteiger partial charge is 0.138 e. The molecule has 1 aromatic heterocycles. The number of nitrogens with one attached hydrogen (secondary N) is 1. The van der Waals surface area contributed by atoms with Crippen molar-refractivity contribution in [1.82, 2.24) is 20.1 Å². The average molecular weight is 277 g/mol. The van der Waals surface area contributed by atoms with Crippen LogP contribution in [0.15, 0.2) is 30.9 Å². The molecule has 0 aliphatic carbocycles. The molecule has 0 amide bonds. The summed E-state index contributed by atoms with van der Waals surface area (Å²) in [4.78, 5) is 3.94. The highest BCUT2D eigenvalue weighted by molar-refractivity contribution is 6.32. The van der Waals surface area contributed by atoms with Crippen LogP contribution in [-0.4, -0.2) is 27.9 Å². The summed E-state index contributed by atoms with van der Waals surface area (Å²) in [5, 5.41) is 8.23. The lowest BCUT2D eigenvalue weighted by Crippen LogP contribution is -2.28. The lowest BCUT2D eigenvalue weighted by atomic mass is 9.91. The average Bonchev–Trinajstić information content (AvgIpc) is 2.94. The fourth-order valence-corrected chi connectivity index (χ4v) is 2.90. The molecule has 1 saturated heterocycles. The second kappa shape index (κ2) is 5.72. The van der Waals surface area contributed by atoms with Gasteiger partial charge in [-0.2, -0.15) is 5.10 Å². The number of hydrogen-bond donors (Lipinski definition) is 1. The second-order valence-electron chi connectivity index (χ2n) is 5.02. The highest BCUT2D eigenvalue weighted by atomic mass is 35.5. The second-order valence-corrected chi connectivity index (χ2v) is 5.43. The van der Waals surface area contributed by atoms with Crippen molar-refractivity contribution in [3.63, 3.8) is 0 Å². The number of benzene rings is 1. The molecule has 1 aromatic carbocycles. The molecule has 0 saturated carbocycles. The van der Waals surface area contributed by atoms with Crippen molar-refractivity contribution in [3.05, 3.63) is 41.4 Å². The molecule has 0 atom stereocenters. The van der Waals surface area contributed by atoms with Gasteiger partial charge in [0.05, 0.1) is 10.7 Å². The van der Waals surface area contributed by atoms with E-state index in [1.165, 1.54) is 24.7 Å². The molecule has 3 rings (SSSR count). The van der Waals surface area contributed by atoms with Crippen molar-refractivity contribution in [2.75, 3.05) is 13.1 Å². The third-order valence-corrected chi connectivity index (χ3v) is 3.96. The molecule has 1 aliphatic heterocycles. The third-order valence-electron chi connectivity index (χ3n) is 3.66. The molecule has 2 heterocycles. The van der Waals surface area contributed by atoms with Gasteiger partial charge < -0.3 is 5.32 Å². The normalized spacial score (nSPS) is 16.7. The quantitative estimate of drug-likeness (QED) is 0.936. The van der Waals surface area contributed by atoms with Crippen LogP contribution in [0.3, 0.4) is 0 Å². The number of rotatable bonds is 3. The van der Waals surface area contributed by atoms with Gasteiger partial charge in [-0.3, -0.25) is 0 Å². The lowest BCUT2D eigenvalue weighted by molar-refractivity contribution is 0.372. The Morgan fingerprint density at radius 2 is 2.16 bits per heavy atom. The molecular weight excluding hydrogens is 260 g/mol. The molecule has 0 radical (unpaired) electrons. The number of aromatic nitrogens is 3. The van der Waals surface area contributed by atoms with Crippen LogP contribution in [0.1, 0.15) is 18.4 Å². The van der Waals surface area contributed by atoms with E-state index in [1.807, 2.05) is 6.07 Å². The highest BCUT2D eigenvalue weighted by Crippen LogP contribution is 2.24. The van der Waals surface area contributed by atoms with Crippen LogP contribution in [0.2, 0.25) is 5.02 Å². The van der Waals surface area contributed by atoms with Gasteiger partial charge in [0.15, 0.2) is 0 Å². The molecule has 1 fully saturated rings. The predicted molar refractivity (Wildman–Crippen MR) is 75.7 cm³/mol. The summed E-state index contributed by atoms with van der Waals surface area (Å²) in [6, 6.07) is 6.22. The summed E-state index contributed by atoms with van der Waals surface area (Å²) in [5.41, 5.74) is 2.19. The molecule has 5 heteroatoms. The third kappa shape index (κ3) is 2.96. The first-order valence-corrected chi connectivity index (χ1v) is 7.05. The van der Waals surface area contributed by atoms with E-state index in [2.05, 4.69) is 27.5 Å². The van der Waals surface area contributed by atoms with Gasteiger partial charge in [0.25, 0.3) is 0 Å². The number of hydrogen-bond acceptors (Lipinski definition) is 3. The largest absolute Gasteiger partial charge is 0.317 e. The minimum absolute atomic E-state index is 0.733. The fourth-order valence-electron chi connectivity index (χ4n) is 2.61. The van der Waals surface area contributed by atoms with Crippen molar-refractivity contribution in [1.29, 1.82) is 0 Å². The topological polar surface area (TPSA) is 42.7 Å². The summed E-state index contributed by atoms with van der Waals surface area (Å²) >= 11 is 6.34. The van der Waals surface area contributed by atoms with Crippen molar-refractivity contribution >= 4 is 11.6 Å². The van der Waals surface area contributed by atoms with Crippen LogP contribution >= 0.6 is 11.6 Å². The van der Waals surface area contributed by atoms with Gasteiger partial charge in [-0.1, -0.05) is 17.7 Å². The Bertz CT molecular complexity index is 532. The first kappa shape index (κ1) is 12.6. The maximum absolute atomic E-state index is 6.34. The SMILES string of the molecule is Clc1cc(CC2CCNCC2)ccc1-n1cncn1. The van der Waals surface area contributed by atoms with Gasteiger partial charge in [-0.15, -0.1) is 0 Å². The van der Waals surface area contributed by atoms with E-state index in [1.54, 1.807) is 11.0 Å². The Kier molecular flexibility index (Phi) is 3.80. The Balaban J connectivity index is 1.75. The van der Waals surface area contributed by atoms with Crippen LogP contribution < -0.4 is 5.32 Å². The first-order chi connectivity index (χ1) is 9.33. The van der Waals surface area contributed by atoms with E-state index in [-0.39, 0.29) is 0 Å². The molecule has 0 spiro atoms. The van der Waals surface area contributed by atoms with E-state index >= 15 is 0 Å². The zero-order valence-corrected chi connectivity index (χ0v) is 11.5. The zero-order chi connectivity index (χ0) is 13.1. The van der Waals surface area contributed by atoms with Gasteiger partial charge in [0.1, 0.15) is 12.7 Å². The number of halogens is 1. The van der Waals surface area contributed by atoms with Crippen LogP contribution in [0.25, 0.3) is 5.69 Å². The Hall–Kier alpha value is -1.39. The van der Waals surface area contributed by atoms with Crippen molar-refractivity contribution < 1.29 is 0 Å². The minimum Gasteiger partial charge on any atom is -0.317 e. The summed E-state index contributed by atoms with van der Waals surface area (Å²) in [5.74, 6) is 0.773. The molecule has 0 bridgehead atoms. The molecule has 1 N–H and O–H groups in total. The molecule has 100 valence electrons. The maximum Gasteiger partial charge on any atom is 0.138 e. The standard InChI is InChI=1S/C14H17ClN4/c15-13-8-12(7-11-3-5-16-6-4-11)1-2-14(13)19-10-17-9-18-19/h1-2,8-11,16H,3-7H2. The summed E-state index contributed by atoms with van der Waals surface area (Å²) in [7, 11) is 0. The molecule has 2 aromatic rings. The minimum atomic E-state index is 0.733. The number of piperidine rings is 1. The van der Waals surface area contributed by atoms with E-state index < -0.39 is 0 Å². The van der Waals surface area contributed by atoms with Gasteiger partial charge >= 0.3 is 0 Å². The predicted octanol–water partition coefficient (Wildman–Crippen LogP) is 2.46. The monoisotopic (exact) mass is 276 g/mol. The van der Waals surface area contributed by atoms with E-state index in [4.69, 9.17) is 11.6 Å². The molecule has 19 heavy (non-hydrogen) atoms. The maximum atomic E-state index is 6.34. The molecular formula is C14H17ClN4. The lowest BCUT2D eigenvalue weighted by Gasteiger charge is -2.22. The Labute approximate surface area is 117 Å². The molecule has 4 nitrogen and oxygen atoms in total. The first-order valence-electron chi connectivity index (χ1n) is 6.67. The van der Waals surface area contributed by atoms with Crippen molar-refractivity contribution in [2.45, 2.75) is 19.3 Å². The van der Waals surface area contributed by atoms with Crippen LogP contribution in [0.5, 0.6) is 0 Å².